The maximum absolute atomic E-state index is 13.3. The number of benzene rings is 1. The normalized spacial score (nSPS) is 15.7. The van der Waals surface area contributed by atoms with Gasteiger partial charge in [-0.3, -0.25) is 0 Å². The molecule has 1 aliphatic rings. The zero-order valence-corrected chi connectivity index (χ0v) is 16.1. The van der Waals surface area contributed by atoms with E-state index >= 15 is 0 Å². The van der Waals surface area contributed by atoms with Gasteiger partial charge in [0.2, 0.25) is 0 Å². The Labute approximate surface area is 158 Å². The summed E-state index contributed by atoms with van der Waals surface area (Å²) in [5, 5.41) is 0.852. The van der Waals surface area contributed by atoms with E-state index in [2.05, 4.69) is 23.0 Å². The average molecular weight is 383 g/mol. The number of aromatic nitrogens is 2. The van der Waals surface area contributed by atoms with Gasteiger partial charge in [0.05, 0.1) is 12.0 Å². The maximum atomic E-state index is 13.3. The van der Waals surface area contributed by atoms with Crippen LogP contribution in [0.2, 0.25) is 0 Å². The number of nitrogens with zero attached hydrogens (tertiary/aromatic N) is 3. The number of rotatable bonds is 4. The smallest absolute Gasteiger partial charge is 0.269 e. The molecule has 0 amide bonds. The van der Waals surface area contributed by atoms with Crippen molar-refractivity contribution in [2.75, 3.05) is 27.2 Å². The molecule has 6 nitrogen and oxygen atoms in total. The zero-order valence-electron chi connectivity index (χ0n) is 15.3. The van der Waals surface area contributed by atoms with Gasteiger partial charge in [-0.15, -0.1) is 0 Å². The summed E-state index contributed by atoms with van der Waals surface area (Å²) in [6, 6.07) is 10.2. The van der Waals surface area contributed by atoms with Crippen LogP contribution in [0.15, 0.2) is 59.8 Å². The van der Waals surface area contributed by atoms with Crippen LogP contribution in [0.4, 0.5) is 0 Å². The summed E-state index contributed by atoms with van der Waals surface area (Å²) in [5.41, 5.74) is 2.54. The Morgan fingerprint density at radius 2 is 1.93 bits per heavy atom. The van der Waals surface area contributed by atoms with Crippen LogP contribution >= 0.6 is 0 Å². The highest BCUT2D eigenvalue weighted by atomic mass is 32.2. The van der Waals surface area contributed by atoms with Crippen molar-refractivity contribution in [3.63, 3.8) is 0 Å². The monoisotopic (exact) mass is 383 g/mol. The SMILES string of the molecule is COc1ccc(S(=O)(=O)n2cc(C3=CCN(C)CC3)c3cccnc32)cc1. The lowest BCUT2D eigenvalue weighted by atomic mass is 10.00. The second kappa shape index (κ2) is 6.83. The van der Waals surface area contributed by atoms with Gasteiger partial charge in [-0.05, 0) is 55.4 Å². The molecule has 0 radical (unpaired) electrons. The highest BCUT2D eigenvalue weighted by molar-refractivity contribution is 7.90. The largest absolute Gasteiger partial charge is 0.497 e. The molecule has 3 aromatic rings. The maximum Gasteiger partial charge on any atom is 0.269 e. The topological polar surface area (TPSA) is 64.4 Å². The fourth-order valence-electron chi connectivity index (χ4n) is 3.35. The Balaban J connectivity index is 1.87. The lowest BCUT2D eigenvalue weighted by molar-refractivity contribution is 0.370. The van der Waals surface area contributed by atoms with Gasteiger partial charge >= 0.3 is 0 Å². The van der Waals surface area contributed by atoms with Crippen molar-refractivity contribution < 1.29 is 13.2 Å². The molecule has 0 saturated heterocycles. The molecule has 0 saturated carbocycles. The molecule has 27 heavy (non-hydrogen) atoms. The Morgan fingerprint density at radius 3 is 2.59 bits per heavy atom. The Morgan fingerprint density at radius 1 is 1.15 bits per heavy atom. The van der Waals surface area contributed by atoms with Crippen LogP contribution in [0, 0.1) is 0 Å². The first-order valence-corrected chi connectivity index (χ1v) is 10.2. The fourth-order valence-corrected chi connectivity index (χ4v) is 4.67. The highest BCUT2D eigenvalue weighted by Gasteiger charge is 2.24. The summed E-state index contributed by atoms with van der Waals surface area (Å²) in [5.74, 6) is 0.613. The number of likely N-dealkylation sites (N-methyl/N-ethyl adjacent to an activating group) is 1. The van der Waals surface area contributed by atoms with E-state index in [1.807, 2.05) is 12.1 Å². The van der Waals surface area contributed by atoms with Gasteiger partial charge in [-0.1, -0.05) is 6.08 Å². The predicted molar refractivity (Wildman–Crippen MR) is 105 cm³/mol. The number of hydrogen-bond acceptors (Lipinski definition) is 5. The van der Waals surface area contributed by atoms with Crippen molar-refractivity contribution in [1.29, 1.82) is 0 Å². The van der Waals surface area contributed by atoms with Crippen LogP contribution in [0.1, 0.15) is 12.0 Å². The Hall–Kier alpha value is -2.64. The van der Waals surface area contributed by atoms with Crippen LogP contribution in [-0.4, -0.2) is 49.5 Å². The van der Waals surface area contributed by atoms with Crippen molar-refractivity contribution in [2.45, 2.75) is 11.3 Å². The van der Waals surface area contributed by atoms with Crippen LogP contribution in [0.25, 0.3) is 16.6 Å². The van der Waals surface area contributed by atoms with Crippen LogP contribution in [0.5, 0.6) is 5.75 Å². The molecule has 0 fully saturated rings. The van der Waals surface area contributed by atoms with Crippen LogP contribution < -0.4 is 4.74 Å². The van der Waals surface area contributed by atoms with Crippen LogP contribution in [0.3, 0.4) is 0 Å². The second-order valence-corrected chi connectivity index (χ2v) is 8.45. The third-order valence-electron chi connectivity index (χ3n) is 4.91. The number of pyridine rings is 1. The summed E-state index contributed by atoms with van der Waals surface area (Å²) in [6.45, 7) is 1.80. The first-order valence-electron chi connectivity index (χ1n) is 8.74. The van der Waals surface area contributed by atoms with Crippen molar-refractivity contribution in [3.8, 4) is 5.75 Å². The lowest BCUT2D eigenvalue weighted by Crippen LogP contribution is -2.23. The minimum Gasteiger partial charge on any atom is -0.497 e. The summed E-state index contributed by atoms with van der Waals surface area (Å²) in [4.78, 5) is 6.79. The van der Waals surface area contributed by atoms with Crippen molar-refractivity contribution in [3.05, 3.63) is 60.4 Å². The molecule has 140 valence electrons. The molecule has 0 N–H and O–H groups in total. The minimum absolute atomic E-state index is 0.203. The Kier molecular flexibility index (Phi) is 4.49. The molecule has 0 spiro atoms. The molecule has 0 aliphatic carbocycles. The van der Waals surface area contributed by atoms with Crippen LogP contribution in [-0.2, 0) is 10.0 Å². The third kappa shape index (κ3) is 3.13. The predicted octanol–water partition coefficient (Wildman–Crippen LogP) is 3.00. The molecule has 1 aromatic carbocycles. The number of fused-ring (bicyclic) bond motifs is 1. The molecule has 0 unspecified atom stereocenters. The van der Waals surface area contributed by atoms with E-state index in [0.717, 1.165) is 36.0 Å². The van der Waals surface area contributed by atoms with E-state index in [1.165, 1.54) is 3.97 Å². The van der Waals surface area contributed by atoms with E-state index in [1.54, 1.807) is 43.8 Å². The zero-order chi connectivity index (χ0) is 19.0. The molecule has 3 heterocycles. The summed E-state index contributed by atoms with van der Waals surface area (Å²) in [7, 11) is -0.132. The molecule has 1 aliphatic heterocycles. The number of hydrogen-bond donors (Lipinski definition) is 0. The minimum atomic E-state index is -3.76. The quantitative estimate of drug-likeness (QED) is 0.693. The van der Waals surface area contributed by atoms with E-state index < -0.39 is 10.0 Å². The molecule has 7 heteroatoms. The highest BCUT2D eigenvalue weighted by Crippen LogP contribution is 2.32. The van der Waals surface area contributed by atoms with Crippen molar-refractivity contribution >= 4 is 26.6 Å². The second-order valence-electron chi connectivity index (χ2n) is 6.64. The Bertz CT molecular complexity index is 1120. The van der Waals surface area contributed by atoms with Gasteiger partial charge in [0.15, 0.2) is 5.65 Å². The van der Waals surface area contributed by atoms with Gasteiger partial charge in [0.25, 0.3) is 10.0 Å². The third-order valence-corrected chi connectivity index (χ3v) is 6.57. The fraction of sp³-hybridized carbons (Fsp3) is 0.250. The summed E-state index contributed by atoms with van der Waals surface area (Å²) in [6.07, 6.45) is 6.37. The lowest BCUT2D eigenvalue weighted by Gasteiger charge is -2.21. The van der Waals surface area contributed by atoms with Gasteiger partial charge in [-0.25, -0.2) is 17.4 Å². The van der Waals surface area contributed by atoms with E-state index in [0.29, 0.717) is 11.4 Å². The summed E-state index contributed by atoms with van der Waals surface area (Å²) < 4.78 is 32.9. The van der Waals surface area contributed by atoms with E-state index in [4.69, 9.17) is 4.74 Å². The standard InChI is InChI=1S/C20H21N3O3S/c1-22-12-9-15(10-13-22)19-14-23(20-18(19)4-3-11-21-20)27(24,25)17-7-5-16(26-2)6-8-17/h3-9,11,14H,10,12-13H2,1-2H3. The van der Waals surface area contributed by atoms with Gasteiger partial charge in [0, 0.05) is 36.4 Å². The molecule has 4 rings (SSSR count). The number of ether oxygens (including phenoxy) is 1. The molecule has 0 atom stereocenters. The molecule has 2 aromatic heterocycles. The van der Waals surface area contributed by atoms with Crippen molar-refractivity contribution in [2.24, 2.45) is 0 Å². The number of methoxy groups -OCH3 is 1. The average Bonchev–Trinajstić information content (AvgIpc) is 3.09. The van der Waals surface area contributed by atoms with Crippen molar-refractivity contribution in [1.82, 2.24) is 13.9 Å². The molecular formula is C20H21N3O3S. The molecular weight excluding hydrogens is 362 g/mol. The van der Waals surface area contributed by atoms with Gasteiger partial charge in [0.1, 0.15) is 5.75 Å². The van der Waals surface area contributed by atoms with E-state index in [9.17, 15) is 8.42 Å². The molecule has 0 bridgehead atoms. The van der Waals surface area contributed by atoms with Gasteiger partial charge in [-0.2, -0.15) is 0 Å². The first kappa shape index (κ1) is 17.8. The van der Waals surface area contributed by atoms with E-state index in [-0.39, 0.29) is 4.90 Å². The van der Waals surface area contributed by atoms with Gasteiger partial charge < -0.3 is 9.64 Å². The first-order chi connectivity index (χ1) is 13.0. The summed E-state index contributed by atoms with van der Waals surface area (Å²) >= 11 is 0.